The molecule has 5 heteroatoms. The van der Waals surface area contributed by atoms with E-state index in [1.165, 1.54) is 0 Å². The summed E-state index contributed by atoms with van der Waals surface area (Å²) in [6.07, 6.45) is 0.834. The standard InChI is InChI=1S/C13H15BrO3S/c1-4-10-12(15)11-7(6-18-10)9(16-2)5-8(14)13(11)17-3/h5,10H,4,6H2,1-3H3. The molecule has 2 rings (SSSR count). The number of ether oxygens (including phenoxy) is 2. The molecule has 98 valence electrons. The Hall–Kier alpha value is -0.680. The van der Waals surface area contributed by atoms with E-state index in [2.05, 4.69) is 15.9 Å². The Bertz CT molecular complexity index is 488. The third-order valence-electron chi connectivity index (χ3n) is 3.06. The van der Waals surface area contributed by atoms with E-state index in [0.29, 0.717) is 11.3 Å². The van der Waals surface area contributed by atoms with Crippen LogP contribution in [0.2, 0.25) is 0 Å². The van der Waals surface area contributed by atoms with Crippen molar-refractivity contribution in [2.24, 2.45) is 0 Å². The average molecular weight is 331 g/mol. The number of carbonyl (C=O) groups is 1. The smallest absolute Gasteiger partial charge is 0.180 e. The molecule has 1 unspecified atom stereocenters. The van der Waals surface area contributed by atoms with Gasteiger partial charge in [-0.2, -0.15) is 0 Å². The molecule has 1 aliphatic rings. The summed E-state index contributed by atoms with van der Waals surface area (Å²) in [5.74, 6) is 2.29. The summed E-state index contributed by atoms with van der Waals surface area (Å²) in [4.78, 5) is 12.5. The van der Waals surface area contributed by atoms with E-state index in [1.54, 1.807) is 26.0 Å². The second-order valence-electron chi connectivity index (χ2n) is 4.02. The molecule has 0 spiro atoms. The van der Waals surface area contributed by atoms with Crippen LogP contribution < -0.4 is 9.47 Å². The maximum Gasteiger partial charge on any atom is 0.180 e. The molecule has 0 amide bonds. The molecule has 0 fully saturated rings. The number of hydrogen-bond acceptors (Lipinski definition) is 4. The van der Waals surface area contributed by atoms with Crippen LogP contribution in [-0.4, -0.2) is 25.3 Å². The van der Waals surface area contributed by atoms with E-state index >= 15 is 0 Å². The van der Waals surface area contributed by atoms with Crippen LogP contribution in [0.1, 0.15) is 29.3 Å². The molecule has 3 nitrogen and oxygen atoms in total. The van der Waals surface area contributed by atoms with Crippen molar-refractivity contribution in [2.75, 3.05) is 14.2 Å². The third kappa shape index (κ3) is 2.14. The maximum absolute atomic E-state index is 12.5. The number of Topliss-reactive ketones (excluding diaryl/α,β-unsaturated/α-hetero) is 1. The molecular weight excluding hydrogens is 316 g/mol. The monoisotopic (exact) mass is 330 g/mol. The Labute approximate surface area is 119 Å². The van der Waals surface area contributed by atoms with Gasteiger partial charge in [-0.15, -0.1) is 11.8 Å². The minimum absolute atomic E-state index is 0.0189. The first-order valence-corrected chi connectivity index (χ1v) is 7.57. The van der Waals surface area contributed by atoms with Gasteiger partial charge in [0, 0.05) is 11.3 Å². The zero-order valence-corrected chi connectivity index (χ0v) is 13.0. The van der Waals surface area contributed by atoms with Gasteiger partial charge in [0.15, 0.2) is 5.78 Å². The molecule has 0 saturated carbocycles. The van der Waals surface area contributed by atoms with E-state index in [4.69, 9.17) is 9.47 Å². The number of hydrogen-bond donors (Lipinski definition) is 0. The molecular formula is C13H15BrO3S. The summed E-state index contributed by atoms with van der Waals surface area (Å²) < 4.78 is 11.5. The van der Waals surface area contributed by atoms with Crippen LogP contribution in [0.4, 0.5) is 0 Å². The maximum atomic E-state index is 12.5. The number of carbonyl (C=O) groups excluding carboxylic acids is 1. The van der Waals surface area contributed by atoms with Crippen molar-refractivity contribution in [3.8, 4) is 11.5 Å². The van der Waals surface area contributed by atoms with Gasteiger partial charge in [-0.25, -0.2) is 0 Å². The first-order valence-electron chi connectivity index (χ1n) is 5.73. The van der Waals surface area contributed by atoms with Crippen LogP contribution >= 0.6 is 27.7 Å². The lowest BCUT2D eigenvalue weighted by molar-refractivity contribution is 0.0982. The molecule has 0 radical (unpaired) electrons. The minimum Gasteiger partial charge on any atom is -0.496 e. The van der Waals surface area contributed by atoms with Gasteiger partial charge in [0.1, 0.15) is 11.5 Å². The Balaban J connectivity index is 2.65. The van der Waals surface area contributed by atoms with Gasteiger partial charge in [0.25, 0.3) is 0 Å². The fourth-order valence-electron chi connectivity index (χ4n) is 2.16. The predicted octanol–water partition coefficient (Wildman–Crippen LogP) is 3.67. The normalized spacial score (nSPS) is 18.4. The molecule has 1 heterocycles. The van der Waals surface area contributed by atoms with Crippen molar-refractivity contribution in [3.05, 3.63) is 21.7 Å². The average Bonchev–Trinajstić information content (AvgIpc) is 2.38. The van der Waals surface area contributed by atoms with E-state index in [1.807, 2.05) is 13.0 Å². The van der Waals surface area contributed by atoms with Crippen LogP contribution in [-0.2, 0) is 5.75 Å². The molecule has 1 aromatic carbocycles. The van der Waals surface area contributed by atoms with Gasteiger partial charge >= 0.3 is 0 Å². The lowest BCUT2D eigenvalue weighted by atomic mass is 9.98. The number of fused-ring (bicyclic) bond motifs is 1. The van der Waals surface area contributed by atoms with Crippen LogP contribution in [0.3, 0.4) is 0 Å². The highest BCUT2D eigenvalue weighted by Crippen LogP contribution is 2.44. The first-order chi connectivity index (χ1) is 8.63. The Morgan fingerprint density at radius 2 is 2.17 bits per heavy atom. The van der Waals surface area contributed by atoms with Crippen LogP contribution in [0.5, 0.6) is 11.5 Å². The molecule has 1 aliphatic heterocycles. The summed E-state index contributed by atoms with van der Waals surface area (Å²) in [5.41, 5.74) is 1.62. The van der Waals surface area contributed by atoms with Gasteiger partial charge in [0.05, 0.1) is 29.5 Å². The van der Waals surface area contributed by atoms with Gasteiger partial charge in [-0.1, -0.05) is 6.92 Å². The first kappa shape index (κ1) is 13.7. The van der Waals surface area contributed by atoms with Crippen LogP contribution in [0.15, 0.2) is 10.5 Å². The number of rotatable bonds is 3. The van der Waals surface area contributed by atoms with Crippen molar-refractivity contribution in [1.29, 1.82) is 0 Å². The number of benzene rings is 1. The van der Waals surface area contributed by atoms with E-state index < -0.39 is 0 Å². The molecule has 0 bridgehead atoms. The molecule has 18 heavy (non-hydrogen) atoms. The Kier molecular flexibility index (Phi) is 4.22. The number of methoxy groups -OCH3 is 2. The fourth-order valence-corrected chi connectivity index (χ4v) is 3.88. The van der Waals surface area contributed by atoms with E-state index in [-0.39, 0.29) is 11.0 Å². The second kappa shape index (κ2) is 5.53. The molecule has 1 atom stereocenters. The highest BCUT2D eigenvalue weighted by Gasteiger charge is 2.33. The Morgan fingerprint density at radius 3 is 2.72 bits per heavy atom. The van der Waals surface area contributed by atoms with Crippen molar-refractivity contribution in [2.45, 2.75) is 24.3 Å². The fraction of sp³-hybridized carbons (Fsp3) is 0.462. The van der Waals surface area contributed by atoms with Gasteiger partial charge < -0.3 is 9.47 Å². The summed E-state index contributed by atoms with van der Waals surface area (Å²) in [5, 5.41) is 0.0189. The van der Waals surface area contributed by atoms with Gasteiger partial charge in [0.2, 0.25) is 0 Å². The summed E-state index contributed by atoms with van der Waals surface area (Å²) >= 11 is 5.10. The predicted molar refractivity (Wildman–Crippen MR) is 77.0 cm³/mol. The third-order valence-corrected chi connectivity index (χ3v) is 5.06. The van der Waals surface area contributed by atoms with Crippen LogP contribution in [0.25, 0.3) is 0 Å². The molecule has 0 aromatic heterocycles. The highest BCUT2D eigenvalue weighted by molar-refractivity contribution is 9.10. The quantitative estimate of drug-likeness (QED) is 0.847. The highest BCUT2D eigenvalue weighted by atomic mass is 79.9. The summed E-state index contributed by atoms with van der Waals surface area (Å²) in [6, 6.07) is 1.86. The zero-order chi connectivity index (χ0) is 13.3. The lowest BCUT2D eigenvalue weighted by Gasteiger charge is -2.25. The number of thioether (sulfide) groups is 1. The largest absolute Gasteiger partial charge is 0.496 e. The Morgan fingerprint density at radius 1 is 1.44 bits per heavy atom. The second-order valence-corrected chi connectivity index (χ2v) is 6.06. The van der Waals surface area contributed by atoms with Crippen LogP contribution in [0, 0.1) is 0 Å². The summed E-state index contributed by atoms with van der Waals surface area (Å²) in [7, 11) is 3.21. The van der Waals surface area contributed by atoms with E-state index in [9.17, 15) is 4.79 Å². The molecule has 0 saturated heterocycles. The topological polar surface area (TPSA) is 35.5 Å². The number of halogens is 1. The minimum atomic E-state index is 0.0189. The van der Waals surface area contributed by atoms with Crippen molar-refractivity contribution < 1.29 is 14.3 Å². The van der Waals surface area contributed by atoms with Gasteiger partial charge in [-0.3, -0.25) is 4.79 Å². The summed E-state index contributed by atoms with van der Waals surface area (Å²) in [6.45, 7) is 2.03. The molecule has 1 aromatic rings. The van der Waals surface area contributed by atoms with Crippen molar-refractivity contribution in [1.82, 2.24) is 0 Å². The van der Waals surface area contributed by atoms with Gasteiger partial charge in [-0.05, 0) is 28.4 Å². The lowest BCUT2D eigenvalue weighted by Crippen LogP contribution is -2.24. The SMILES string of the molecule is CCC1SCc2c(OC)cc(Br)c(OC)c2C1=O. The van der Waals surface area contributed by atoms with Crippen molar-refractivity contribution in [3.63, 3.8) is 0 Å². The van der Waals surface area contributed by atoms with E-state index in [0.717, 1.165) is 28.0 Å². The van der Waals surface area contributed by atoms with Crippen molar-refractivity contribution >= 4 is 33.5 Å². The zero-order valence-electron chi connectivity index (χ0n) is 10.6. The number of ketones is 1. The molecule has 0 aliphatic carbocycles. The molecule has 0 N–H and O–H groups in total.